The zero-order valence-corrected chi connectivity index (χ0v) is 17.2. The smallest absolute Gasteiger partial charge is 0.256 e. The van der Waals surface area contributed by atoms with E-state index in [4.69, 9.17) is 0 Å². The average molecular weight is 380 g/mol. The van der Waals surface area contributed by atoms with Crippen molar-refractivity contribution in [3.05, 3.63) is 53.7 Å². The van der Waals surface area contributed by atoms with E-state index in [-0.39, 0.29) is 11.3 Å². The number of benzene rings is 1. The molecule has 2 heterocycles. The van der Waals surface area contributed by atoms with Crippen LogP contribution in [0.2, 0.25) is 0 Å². The number of amides is 1. The lowest BCUT2D eigenvalue weighted by Crippen LogP contribution is -2.22. The normalized spacial score (nSPS) is 11.8. The summed E-state index contributed by atoms with van der Waals surface area (Å²) in [6.07, 6.45) is 1.69. The van der Waals surface area contributed by atoms with Crippen LogP contribution in [0.4, 0.5) is 11.6 Å². The van der Waals surface area contributed by atoms with Gasteiger partial charge in [-0.1, -0.05) is 32.9 Å². The molecule has 0 aliphatic rings. The Bertz CT molecular complexity index is 953. The van der Waals surface area contributed by atoms with Crippen LogP contribution in [0.5, 0.6) is 0 Å². The van der Waals surface area contributed by atoms with Gasteiger partial charge in [0.25, 0.3) is 5.91 Å². The van der Waals surface area contributed by atoms with Gasteiger partial charge in [-0.2, -0.15) is 9.61 Å². The molecule has 0 saturated heterocycles. The molecule has 148 valence electrons. The Hall–Kier alpha value is -2.93. The number of nitrogens with zero attached hydrogens (tertiary/aromatic N) is 4. The van der Waals surface area contributed by atoms with E-state index in [1.54, 1.807) is 16.8 Å². The molecule has 0 unspecified atom stereocenters. The minimum absolute atomic E-state index is 0.0523. The number of carbonyl (C=O) groups excluding carboxylic acids is 1. The molecule has 0 radical (unpaired) electrons. The molecule has 28 heavy (non-hydrogen) atoms. The first-order chi connectivity index (χ1) is 13.2. The highest BCUT2D eigenvalue weighted by molar-refractivity contribution is 6.04. The summed E-state index contributed by atoms with van der Waals surface area (Å²) in [6.45, 7) is 8.09. The van der Waals surface area contributed by atoms with Gasteiger partial charge in [-0.3, -0.25) is 4.79 Å². The summed E-state index contributed by atoms with van der Waals surface area (Å²) >= 11 is 0. The summed E-state index contributed by atoms with van der Waals surface area (Å²) in [4.78, 5) is 19.2. The summed E-state index contributed by atoms with van der Waals surface area (Å²) in [5, 5.41) is 10.5. The van der Waals surface area contributed by atoms with Crippen LogP contribution in [-0.4, -0.2) is 52.6 Å². The molecule has 3 aromatic rings. The molecule has 0 saturated carbocycles. The molecule has 0 aliphatic heterocycles. The number of aromatic nitrogens is 3. The molecule has 2 N–H and O–H groups in total. The highest BCUT2D eigenvalue weighted by atomic mass is 16.1. The lowest BCUT2D eigenvalue weighted by Gasteiger charge is -2.19. The van der Waals surface area contributed by atoms with Gasteiger partial charge in [-0.25, -0.2) is 4.98 Å². The molecule has 2 aromatic heterocycles. The maximum absolute atomic E-state index is 12.7. The summed E-state index contributed by atoms with van der Waals surface area (Å²) in [6, 6.07) is 11.3. The Balaban J connectivity index is 1.78. The van der Waals surface area contributed by atoms with Gasteiger partial charge < -0.3 is 15.5 Å². The van der Waals surface area contributed by atoms with E-state index in [1.807, 2.05) is 44.4 Å². The number of anilines is 2. The van der Waals surface area contributed by atoms with Crippen molar-refractivity contribution in [2.45, 2.75) is 26.2 Å². The van der Waals surface area contributed by atoms with Gasteiger partial charge in [0.15, 0.2) is 5.65 Å². The highest BCUT2D eigenvalue weighted by Crippen LogP contribution is 2.22. The van der Waals surface area contributed by atoms with Crippen molar-refractivity contribution in [2.24, 2.45) is 0 Å². The minimum atomic E-state index is -0.184. The van der Waals surface area contributed by atoms with E-state index in [9.17, 15) is 4.79 Å². The topological polar surface area (TPSA) is 74.6 Å². The fourth-order valence-corrected chi connectivity index (χ4v) is 2.82. The fraction of sp³-hybridized carbons (Fsp3) is 0.381. The number of fused-ring (bicyclic) bond motifs is 1. The number of carbonyl (C=O) groups is 1. The molecule has 1 aromatic carbocycles. The van der Waals surface area contributed by atoms with Crippen LogP contribution < -0.4 is 10.6 Å². The van der Waals surface area contributed by atoms with Gasteiger partial charge in [0, 0.05) is 30.8 Å². The predicted molar refractivity (Wildman–Crippen MR) is 113 cm³/mol. The van der Waals surface area contributed by atoms with Gasteiger partial charge in [0.05, 0.1) is 6.20 Å². The summed E-state index contributed by atoms with van der Waals surface area (Å²) in [7, 11) is 4.04. The largest absolute Gasteiger partial charge is 0.369 e. The third-order valence-corrected chi connectivity index (χ3v) is 4.48. The quantitative estimate of drug-likeness (QED) is 0.687. The minimum Gasteiger partial charge on any atom is -0.369 e. The molecule has 0 fully saturated rings. The molecule has 0 aliphatic carbocycles. The average Bonchev–Trinajstić information content (AvgIpc) is 3.09. The number of rotatable bonds is 6. The second kappa shape index (κ2) is 7.98. The first-order valence-electron chi connectivity index (χ1n) is 9.39. The van der Waals surface area contributed by atoms with E-state index in [2.05, 4.69) is 46.4 Å². The summed E-state index contributed by atoms with van der Waals surface area (Å²) in [5.41, 5.74) is 2.52. The third-order valence-electron chi connectivity index (χ3n) is 4.48. The van der Waals surface area contributed by atoms with Crippen LogP contribution in [0.3, 0.4) is 0 Å². The maximum atomic E-state index is 12.7. The van der Waals surface area contributed by atoms with E-state index >= 15 is 0 Å². The molecule has 0 bridgehead atoms. The number of likely N-dealkylation sites (N-methyl/N-ethyl adjacent to an activating group) is 1. The van der Waals surface area contributed by atoms with Gasteiger partial charge >= 0.3 is 0 Å². The van der Waals surface area contributed by atoms with Crippen LogP contribution in [0.15, 0.2) is 42.6 Å². The molecular formula is C21H28N6O. The van der Waals surface area contributed by atoms with Crippen molar-refractivity contribution in [3.8, 4) is 0 Å². The standard InChI is InChI=1S/C21H28N6O/c1-21(2,3)16-8-6-15(7-9-16)20(28)25-17-14-19(22-12-13-26(4)5)27-18(24-17)10-11-23-27/h6-11,14,22H,12-13H2,1-5H3,(H,24,25,28). The van der Waals surface area contributed by atoms with Crippen LogP contribution in [0, 0.1) is 0 Å². The van der Waals surface area contributed by atoms with Crippen molar-refractivity contribution < 1.29 is 4.79 Å². The van der Waals surface area contributed by atoms with Gasteiger partial charge in [0.1, 0.15) is 11.6 Å². The Kier molecular flexibility index (Phi) is 5.65. The van der Waals surface area contributed by atoms with Crippen LogP contribution in [-0.2, 0) is 5.41 Å². The molecule has 7 nitrogen and oxygen atoms in total. The first-order valence-corrected chi connectivity index (χ1v) is 9.39. The monoisotopic (exact) mass is 380 g/mol. The second-order valence-corrected chi connectivity index (χ2v) is 8.14. The van der Waals surface area contributed by atoms with E-state index in [0.717, 1.165) is 18.9 Å². The molecule has 0 atom stereocenters. The van der Waals surface area contributed by atoms with E-state index in [0.29, 0.717) is 17.0 Å². The van der Waals surface area contributed by atoms with Gasteiger partial charge in [-0.15, -0.1) is 0 Å². The highest BCUT2D eigenvalue weighted by Gasteiger charge is 2.15. The molecule has 3 rings (SSSR count). The first kappa shape index (κ1) is 19.8. The van der Waals surface area contributed by atoms with Crippen LogP contribution >= 0.6 is 0 Å². The fourth-order valence-electron chi connectivity index (χ4n) is 2.82. The zero-order chi connectivity index (χ0) is 20.3. The zero-order valence-electron chi connectivity index (χ0n) is 17.2. The number of nitrogens with one attached hydrogen (secondary N) is 2. The Morgan fingerprint density at radius 2 is 1.86 bits per heavy atom. The van der Waals surface area contributed by atoms with Crippen LogP contribution in [0.25, 0.3) is 5.65 Å². The van der Waals surface area contributed by atoms with Gasteiger partial charge in [0.2, 0.25) is 0 Å². The van der Waals surface area contributed by atoms with Crippen molar-refractivity contribution in [2.75, 3.05) is 37.8 Å². The molecular weight excluding hydrogens is 352 g/mol. The summed E-state index contributed by atoms with van der Waals surface area (Å²) < 4.78 is 1.73. The molecule has 7 heteroatoms. The third kappa shape index (κ3) is 4.67. The lowest BCUT2D eigenvalue weighted by molar-refractivity contribution is 0.102. The van der Waals surface area contributed by atoms with Crippen LogP contribution in [0.1, 0.15) is 36.7 Å². The predicted octanol–water partition coefficient (Wildman–Crippen LogP) is 3.25. The van der Waals surface area contributed by atoms with Crippen molar-refractivity contribution in [1.29, 1.82) is 0 Å². The maximum Gasteiger partial charge on any atom is 0.256 e. The Labute approximate surface area is 165 Å². The second-order valence-electron chi connectivity index (χ2n) is 8.14. The molecule has 1 amide bonds. The van der Waals surface area contributed by atoms with Gasteiger partial charge in [-0.05, 0) is 37.2 Å². The van der Waals surface area contributed by atoms with Crippen molar-refractivity contribution >= 4 is 23.2 Å². The molecule has 0 spiro atoms. The Morgan fingerprint density at radius 1 is 1.14 bits per heavy atom. The van der Waals surface area contributed by atoms with Crippen molar-refractivity contribution in [3.63, 3.8) is 0 Å². The SMILES string of the molecule is CN(C)CCNc1cc(NC(=O)c2ccc(C(C)(C)C)cc2)nc2ccnn12. The summed E-state index contributed by atoms with van der Waals surface area (Å²) in [5.74, 6) is 1.09. The van der Waals surface area contributed by atoms with E-state index < -0.39 is 0 Å². The number of hydrogen-bond acceptors (Lipinski definition) is 5. The number of hydrogen-bond donors (Lipinski definition) is 2. The Morgan fingerprint density at radius 3 is 2.50 bits per heavy atom. The van der Waals surface area contributed by atoms with E-state index in [1.165, 1.54) is 5.56 Å². The van der Waals surface area contributed by atoms with Crippen molar-refractivity contribution in [1.82, 2.24) is 19.5 Å². The lowest BCUT2D eigenvalue weighted by atomic mass is 9.87.